The molecular formula is C36H23F3N4O2S2. The van der Waals surface area contributed by atoms with Gasteiger partial charge >= 0.3 is 6.18 Å². The molecule has 5 aromatic rings. The maximum atomic E-state index is 15.1. The van der Waals surface area contributed by atoms with Gasteiger partial charge in [0.25, 0.3) is 5.60 Å². The Morgan fingerprint density at radius 3 is 2.23 bits per heavy atom. The van der Waals surface area contributed by atoms with Crippen LogP contribution >= 0.6 is 22.7 Å². The molecule has 0 fully saturated rings. The van der Waals surface area contributed by atoms with E-state index in [1.54, 1.807) is 35.6 Å². The number of aliphatic hydroxyl groups excluding tert-OH is 1. The molecule has 1 unspecified atom stereocenters. The van der Waals surface area contributed by atoms with Crippen LogP contribution in [0, 0.1) is 34.0 Å². The lowest BCUT2D eigenvalue weighted by atomic mass is 9.84. The van der Waals surface area contributed by atoms with E-state index in [1.165, 1.54) is 47.8 Å². The number of ether oxygens (including phenoxy) is 1. The van der Waals surface area contributed by atoms with Crippen LogP contribution in [0.1, 0.15) is 10.4 Å². The average Bonchev–Trinajstić information content (AvgIpc) is 3.76. The topological polar surface area (TPSA) is 104 Å². The number of nitriles is 3. The highest BCUT2D eigenvalue weighted by Gasteiger charge is 2.65. The van der Waals surface area contributed by atoms with Gasteiger partial charge < -0.3 is 14.7 Å². The van der Waals surface area contributed by atoms with Crippen LogP contribution in [-0.2, 0) is 10.3 Å². The Kier molecular flexibility index (Phi) is 8.36. The summed E-state index contributed by atoms with van der Waals surface area (Å²) < 4.78 is 52.7. The summed E-state index contributed by atoms with van der Waals surface area (Å²) in [5.41, 5.74) is -3.07. The molecule has 0 bridgehead atoms. The van der Waals surface area contributed by atoms with Crippen molar-refractivity contribution in [3.05, 3.63) is 118 Å². The predicted molar refractivity (Wildman–Crippen MR) is 178 cm³/mol. The molecule has 47 heavy (non-hydrogen) atoms. The minimum atomic E-state index is -5.05. The van der Waals surface area contributed by atoms with E-state index >= 15 is 13.2 Å². The van der Waals surface area contributed by atoms with Gasteiger partial charge in [-0.05, 0) is 58.8 Å². The van der Waals surface area contributed by atoms with Gasteiger partial charge in [0.15, 0.2) is 11.3 Å². The highest BCUT2D eigenvalue weighted by atomic mass is 32.1. The first-order valence-electron chi connectivity index (χ1n) is 14.2. The molecule has 6 rings (SSSR count). The van der Waals surface area contributed by atoms with Gasteiger partial charge in [-0.25, -0.2) is 0 Å². The summed E-state index contributed by atoms with van der Waals surface area (Å²) in [5, 5.41) is 40.1. The molecule has 1 N–H and O–H groups in total. The molecular weight excluding hydrogens is 642 g/mol. The molecule has 1 aliphatic rings. The summed E-state index contributed by atoms with van der Waals surface area (Å²) in [6.07, 6.45) is -2.35. The van der Waals surface area contributed by atoms with Crippen molar-refractivity contribution in [1.82, 2.24) is 0 Å². The number of likely N-dealkylation sites (N-methyl/N-ethyl adjacent to an activating group) is 1. The van der Waals surface area contributed by atoms with Gasteiger partial charge in [0.2, 0.25) is 0 Å². The lowest BCUT2D eigenvalue weighted by Gasteiger charge is -2.33. The lowest BCUT2D eigenvalue weighted by molar-refractivity contribution is -0.249. The van der Waals surface area contributed by atoms with E-state index in [0.29, 0.717) is 11.4 Å². The number of allylic oxidation sites excluding steroid dienone is 2. The van der Waals surface area contributed by atoms with E-state index in [0.717, 1.165) is 36.3 Å². The van der Waals surface area contributed by atoms with Gasteiger partial charge in [0.05, 0.1) is 6.61 Å². The highest BCUT2D eigenvalue weighted by Crippen LogP contribution is 2.56. The monoisotopic (exact) mass is 664 g/mol. The Balaban J connectivity index is 1.40. The van der Waals surface area contributed by atoms with Gasteiger partial charge in [-0.1, -0.05) is 48.5 Å². The number of halogens is 3. The van der Waals surface area contributed by atoms with E-state index in [1.807, 2.05) is 48.3 Å². The fraction of sp³-hybridized carbons (Fsp3) is 0.139. The van der Waals surface area contributed by atoms with Gasteiger partial charge in [-0.3, -0.25) is 0 Å². The third-order valence-corrected chi connectivity index (χ3v) is 10.1. The highest BCUT2D eigenvalue weighted by molar-refractivity contribution is 7.23. The normalized spacial score (nSPS) is 16.3. The molecule has 232 valence electrons. The molecule has 0 spiro atoms. The molecule has 0 aliphatic carbocycles. The Morgan fingerprint density at radius 1 is 0.915 bits per heavy atom. The molecule has 0 saturated carbocycles. The molecule has 6 nitrogen and oxygen atoms in total. The zero-order chi connectivity index (χ0) is 33.3. The van der Waals surface area contributed by atoms with Crippen LogP contribution in [0.3, 0.4) is 0 Å². The lowest BCUT2D eigenvalue weighted by Crippen LogP contribution is -2.43. The molecule has 1 aliphatic heterocycles. The number of nitrogens with zero attached hydrogens (tertiary/aromatic N) is 4. The fourth-order valence-electron chi connectivity index (χ4n) is 5.58. The first-order valence-corrected chi connectivity index (χ1v) is 15.9. The molecule has 0 amide bonds. The average molecular weight is 665 g/mol. The second-order valence-corrected chi connectivity index (χ2v) is 12.9. The van der Waals surface area contributed by atoms with E-state index < -0.39 is 34.3 Å². The molecule has 3 aromatic carbocycles. The van der Waals surface area contributed by atoms with Crippen molar-refractivity contribution in [1.29, 1.82) is 15.8 Å². The first kappa shape index (κ1) is 31.6. The number of thiophene rings is 2. The number of rotatable bonds is 7. The second-order valence-electron chi connectivity index (χ2n) is 10.7. The Hall–Kier alpha value is -5.38. The molecule has 1 atom stereocenters. The van der Waals surface area contributed by atoms with Crippen LogP contribution in [0.2, 0.25) is 0 Å². The molecule has 0 radical (unpaired) electrons. The quantitative estimate of drug-likeness (QED) is 0.174. The van der Waals surface area contributed by atoms with Gasteiger partial charge in [0, 0.05) is 49.6 Å². The third kappa shape index (κ3) is 5.54. The van der Waals surface area contributed by atoms with Crippen LogP contribution in [-0.4, -0.2) is 31.5 Å². The number of benzene rings is 3. The molecule has 0 saturated heterocycles. The smallest absolute Gasteiger partial charge is 0.437 e. The van der Waals surface area contributed by atoms with E-state index in [-0.39, 0.29) is 12.2 Å². The third-order valence-electron chi connectivity index (χ3n) is 7.89. The van der Waals surface area contributed by atoms with Crippen molar-refractivity contribution < 1.29 is 23.0 Å². The van der Waals surface area contributed by atoms with E-state index in [4.69, 9.17) is 4.74 Å². The van der Waals surface area contributed by atoms with Crippen molar-refractivity contribution in [2.24, 2.45) is 0 Å². The summed E-state index contributed by atoms with van der Waals surface area (Å²) in [4.78, 5) is 3.71. The van der Waals surface area contributed by atoms with Crippen LogP contribution in [0.25, 0.3) is 36.7 Å². The largest absolute Gasteiger partial charge is 0.465 e. The number of fused-ring (bicyclic) bond motifs is 2. The number of alkyl halides is 3. The summed E-state index contributed by atoms with van der Waals surface area (Å²) in [5.74, 6) is -0.697. The van der Waals surface area contributed by atoms with Crippen molar-refractivity contribution in [2.45, 2.75) is 11.8 Å². The second kappa shape index (κ2) is 12.4. The summed E-state index contributed by atoms with van der Waals surface area (Å²) in [7, 11) is 1.92. The van der Waals surface area contributed by atoms with Crippen LogP contribution in [0.15, 0.2) is 107 Å². The van der Waals surface area contributed by atoms with E-state index in [2.05, 4.69) is 12.1 Å². The first-order chi connectivity index (χ1) is 22.6. The zero-order valence-electron chi connectivity index (χ0n) is 24.7. The Labute approximate surface area is 276 Å². The number of hydrogen-bond acceptors (Lipinski definition) is 8. The van der Waals surface area contributed by atoms with Gasteiger partial charge in [0.1, 0.15) is 23.8 Å². The number of hydrogen-bond donors (Lipinski definition) is 1. The summed E-state index contributed by atoms with van der Waals surface area (Å²) >= 11 is 3.02. The van der Waals surface area contributed by atoms with E-state index in [9.17, 15) is 20.9 Å². The molecule has 3 heterocycles. The molecule has 11 heteroatoms. The van der Waals surface area contributed by atoms with Crippen molar-refractivity contribution >= 4 is 54.6 Å². The maximum absolute atomic E-state index is 15.1. The fourth-order valence-corrected chi connectivity index (χ4v) is 7.73. The minimum Gasteiger partial charge on any atom is -0.465 e. The van der Waals surface area contributed by atoms with Crippen molar-refractivity contribution in [3.63, 3.8) is 0 Å². The predicted octanol–water partition coefficient (Wildman–Crippen LogP) is 8.83. The SMILES string of the molecule is CN(CCO)c1ccc(-c2cc3cc4cc(/C=C/C5=C(C#N)C(=C(C#N)C#N)OC5(c5ccccc5)C(F)(F)F)sc4cc3s2)cc1. The van der Waals surface area contributed by atoms with Crippen LogP contribution < -0.4 is 4.90 Å². The standard InChI is InChI=1S/C36H23F3N4O2S2/c1-43(13-14-44)27-9-7-22(8-10-27)31-17-24-15-23-16-28(46-32(23)18-33(24)47-31)11-12-30-29(21-42)34(25(19-40)20-41)45-35(30,36(37,38)39)26-5-3-2-4-6-26/h2-12,15-18,44H,13-14H2,1H3/b12-11+. The Bertz CT molecular complexity index is 2160. The zero-order valence-corrected chi connectivity index (χ0v) is 26.3. The van der Waals surface area contributed by atoms with Crippen molar-refractivity contribution in [2.75, 3.05) is 25.1 Å². The van der Waals surface area contributed by atoms with Crippen LogP contribution in [0.5, 0.6) is 0 Å². The summed E-state index contributed by atoms with van der Waals surface area (Å²) in [6, 6.07) is 27.9. The van der Waals surface area contributed by atoms with Gasteiger partial charge in [-0.2, -0.15) is 29.0 Å². The maximum Gasteiger partial charge on any atom is 0.437 e. The molecule has 2 aromatic heterocycles. The summed E-state index contributed by atoms with van der Waals surface area (Å²) in [6.45, 7) is 0.612. The van der Waals surface area contributed by atoms with Crippen LogP contribution in [0.4, 0.5) is 18.9 Å². The van der Waals surface area contributed by atoms with Crippen molar-refractivity contribution in [3.8, 4) is 28.6 Å². The Morgan fingerprint density at radius 2 is 1.60 bits per heavy atom. The number of anilines is 1. The minimum absolute atomic E-state index is 0.0716. The number of aliphatic hydroxyl groups is 1. The van der Waals surface area contributed by atoms with Gasteiger partial charge in [-0.15, -0.1) is 22.7 Å².